The van der Waals surface area contributed by atoms with Gasteiger partial charge in [0.15, 0.2) is 0 Å². The van der Waals surface area contributed by atoms with Crippen LogP contribution in [0.2, 0.25) is 0 Å². The van der Waals surface area contributed by atoms with Crippen LogP contribution in [-0.2, 0) is 0 Å². The van der Waals surface area contributed by atoms with Crippen molar-refractivity contribution in [2.75, 3.05) is 11.9 Å². The number of anilines is 1. The molecule has 0 bridgehead atoms. The number of pyridine rings is 1. The second-order valence-electron chi connectivity index (χ2n) is 3.41. The first-order chi connectivity index (χ1) is 5.64. The van der Waals surface area contributed by atoms with Crippen molar-refractivity contribution in [2.45, 2.75) is 19.4 Å². The molecule has 0 amide bonds. The molecule has 66 valence electrons. The molecule has 0 saturated heterocycles. The molecule has 0 aromatic carbocycles. The van der Waals surface area contributed by atoms with Gasteiger partial charge in [0.05, 0.1) is 17.8 Å². The number of aliphatic hydroxyl groups excluding tert-OH is 1. The van der Waals surface area contributed by atoms with E-state index in [9.17, 15) is 0 Å². The van der Waals surface area contributed by atoms with Crippen molar-refractivity contribution in [3.05, 3.63) is 24.5 Å². The van der Waals surface area contributed by atoms with E-state index in [1.54, 1.807) is 12.4 Å². The molecular weight excluding hydrogens is 152 g/mol. The van der Waals surface area contributed by atoms with Crippen molar-refractivity contribution in [1.82, 2.24) is 4.98 Å². The number of aliphatic hydroxyl groups is 1. The Morgan fingerprint density at radius 3 is 2.83 bits per heavy atom. The van der Waals surface area contributed by atoms with Crippen molar-refractivity contribution in [1.29, 1.82) is 0 Å². The Bertz CT molecular complexity index is 234. The first-order valence-corrected chi connectivity index (χ1v) is 3.93. The topological polar surface area (TPSA) is 45.1 Å². The quantitative estimate of drug-likeness (QED) is 0.710. The largest absolute Gasteiger partial charge is 0.394 e. The van der Waals surface area contributed by atoms with Crippen molar-refractivity contribution >= 4 is 5.69 Å². The molecule has 0 aliphatic heterocycles. The fourth-order valence-corrected chi connectivity index (χ4v) is 0.867. The molecule has 0 unspecified atom stereocenters. The number of rotatable bonds is 3. The smallest absolute Gasteiger partial charge is 0.0656 e. The van der Waals surface area contributed by atoms with Crippen LogP contribution in [0.15, 0.2) is 24.5 Å². The molecule has 1 aromatic rings. The van der Waals surface area contributed by atoms with Crippen molar-refractivity contribution in [3.63, 3.8) is 0 Å². The van der Waals surface area contributed by atoms with Gasteiger partial charge in [-0.3, -0.25) is 4.98 Å². The first kappa shape index (κ1) is 9.00. The fourth-order valence-electron chi connectivity index (χ4n) is 0.867. The molecule has 3 nitrogen and oxygen atoms in total. The van der Waals surface area contributed by atoms with Gasteiger partial charge in [-0.1, -0.05) is 0 Å². The normalized spacial score (nSPS) is 11.2. The van der Waals surface area contributed by atoms with Gasteiger partial charge in [-0.2, -0.15) is 0 Å². The van der Waals surface area contributed by atoms with Crippen LogP contribution in [0.4, 0.5) is 5.69 Å². The number of nitrogens with zero attached hydrogens (tertiary/aromatic N) is 1. The molecule has 0 atom stereocenters. The third-order valence-electron chi connectivity index (χ3n) is 1.54. The maximum atomic E-state index is 8.97. The Morgan fingerprint density at radius 2 is 2.33 bits per heavy atom. The van der Waals surface area contributed by atoms with Gasteiger partial charge in [-0.25, -0.2) is 0 Å². The zero-order valence-corrected chi connectivity index (χ0v) is 7.41. The summed E-state index contributed by atoms with van der Waals surface area (Å²) in [4.78, 5) is 3.96. The minimum Gasteiger partial charge on any atom is -0.394 e. The summed E-state index contributed by atoms with van der Waals surface area (Å²) in [6, 6.07) is 3.78. The Hall–Kier alpha value is -1.09. The maximum absolute atomic E-state index is 8.97. The van der Waals surface area contributed by atoms with Crippen molar-refractivity contribution in [2.24, 2.45) is 0 Å². The fraction of sp³-hybridized carbons (Fsp3) is 0.444. The zero-order valence-electron chi connectivity index (χ0n) is 7.41. The van der Waals surface area contributed by atoms with E-state index in [1.165, 1.54) is 0 Å². The Morgan fingerprint density at radius 1 is 1.58 bits per heavy atom. The Balaban J connectivity index is 2.64. The molecule has 0 fully saturated rings. The second-order valence-corrected chi connectivity index (χ2v) is 3.41. The minimum absolute atomic E-state index is 0.0991. The molecule has 12 heavy (non-hydrogen) atoms. The molecule has 1 heterocycles. The van der Waals surface area contributed by atoms with Crippen LogP contribution in [0, 0.1) is 0 Å². The highest BCUT2D eigenvalue weighted by Crippen LogP contribution is 2.11. The van der Waals surface area contributed by atoms with E-state index in [0.29, 0.717) is 0 Å². The van der Waals surface area contributed by atoms with Gasteiger partial charge in [0, 0.05) is 12.4 Å². The average molecular weight is 166 g/mol. The number of hydrogen-bond acceptors (Lipinski definition) is 3. The van der Waals surface area contributed by atoms with Gasteiger partial charge < -0.3 is 10.4 Å². The van der Waals surface area contributed by atoms with E-state index in [0.717, 1.165) is 5.69 Å². The number of aromatic nitrogens is 1. The lowest BCUT2D eigenvalue weighted by molar-refractivity contribution is 0.234. The molecule has 1 rings (SSSR count). The van der Waals surface area contributed by atoms with Crippen LogP contribution < -0.4 is 5.32 Å². The maximum Gasteiger partial charge on any atom is 0.0656 e. The summed E-state index contributed by atoms with van der Waals surface area (Å²) in [5.41, 5.74) is 0.639. The van der Waals surface area contributed by atoms with Crippen LogP contribution in [0.5, 0.6) is 0 Å². The summed E-state index contributed by atoms with van der Waals surface area (Å²) in [5.74, 6) is 0. The highest BCUT2D eigenvalue weighted by atomic mass is 16.3. The second kappa shape index (κ2) is 3.54. The molecule has 0 aliphatic rings. The standard InChI is InChI=1S/C9H14N2O/c1-9(2,7-12)11-8-4-3-5-10-6-8/h3-6,11-12H,7H2,1-2H3. The summed E-state index contributed by atoms with van der Waals surface area (Å²) in [5, 5.41) is 12.1. The highest BCUT2D eigenvalue weighted by molar-refractivity contribution is 5.42. The lowest BCUT2D eigenvalue weighted by atomic mass is 10.1. The van der Waals surface area contributed by atoms with Crippen LogP contribution >= 0.6 is 0 Å². The third-order valence-corrected chi connectivity index (χ3v) is 1.54. The lowest BCUT2D eigenvalue weighted by Gasteiger charge is -2.24. The molecule has 0 aliphatic carbocycles. The summed E-state index contributed by atoms with van der Waals surface area (Å²) in [7, 11) is 0. The van der Waals surface area contributed by atoms with Crippen molar-refractivity contribution in [3.8, 4) is 0 Å². The lowest BCUT2D eigenvalue weighted by Crippen LogP contribution is -2.34. The molecule has 1 aromatic heterocycles. The molecule has 0 radical (unpaired) electrons. The molecule has 2 N–H and O–H groups in total. The minimum atomic E-state index is -0.289. The highest BCUT2D eigenvalue weighted by Gasteiger charge is 2.14. The van der Waals surface area contributed by atoms with Gasteiger partial charge in [0.1, 0.15) is 0 Å². The third kappa shape index (κ3) is 2.51. The summed E-state index contributed by atoms with van der Waals surface area (Å²) in [6.45, 7) is 3.96. The SMILES string of the molecule is CC(C)(CO)Nc1cccnc1. The van der Waals surface area contributed by atoms with E-state index in [4.69, 9.17) is 5.11 Å². The average Bonchev–Trinajstić information content (AvgIpc) is 2.06. The predicted octanol–water partition coefficient (Wildman–Crippen LogP) is 1.26. The van der Waals surface area contributed by atoms with Crippen LogP contribution in [0.1, 0.15) is 13.8 Å². The van der Waals surface area contributed by atoms with Gasteiger partial charge in [0.25, 0.3) is 0 Å². The van der Waals surface area contributed by atoms with Crippen LogP contribution in [0.25, 0.3) is 0 Å². The predicted molar refractivity (Wildman–Crippen MR) is 49.0 cm³/mol. The van der Waals surface area contributed by atoms with Gasteiger partial charge >= 0.3 is 0 Å². The van der Waals surface area contributed by atoms with E-state index in [-0.39, 0.29) is 12.1 Å². The zero-order chi connectivity index (χ0) is 9.03. The summed E-state index contributed by atoms with van der Waals surface area (Å²) < 4.78 is 0. The van der Waals surface area contributed by atoms with Crippen LogP contribution in [0.3, 0.4) is 0 Å². The Kier molecular flexibility index (Phi) is 2.65. The number of hydrogen-bond donors (Lipinski definition) is 2. The first-order valence-electron chi connectivity index (χ1n) is 3.93. The van der Waals surface area contributed by atoms with E-state index >= 15 is 0 Å². The van der Waals surface area contributed by atoms with Gasteiger partial charge in [-0.15, -0.1) is 0 Å². The Labute approximate surface area is 72.5 Å². The summed E-state index contributed by atoms with van der Waals surface area (Å²) in [6.07, 6.45) is 3.45. The van der Waals surface area contributed by atoms with Crippen molar-refractivity contribution < 1.29 is 5.11 Å². The van der Waals surface area contributed by atoms with E-state index in [2.05, 4.69) is 10.3 Å². The molecule has 0 spiro atoms. The molecule has 0 saturated carbocycles. The van der Waals surface area contributed by atoms with E-state index < -0.39 is 0 Å². The van der Waals surface area contributed by atoms with Crippen LogP contribution in [-0.4, -0.2) is 22.2 Å². The van der Waals surface area contributed by atoms with Gasteiger partial charge in [0.2, 0.25) is 0 Å². The molecule has 3 heteroatoms. The summed E-state index contributed by atoms with van der Waals surface area (Å²) >= 11 is 0. The van der Waals surface area contributed by atoms with Gasteiger partial charge in [-0.05, 0) is 26.0 Å². The van der Waals surface area contributed by atoms with E-state index in [1.807, 2.05) is 26.0 Å². The molecular formula is C9H14N2O. The number of nitrogens with one attached hydrogen (secondary N) is 1. The monoisotopic (exact) mass is 166 g/mol.